The standard InChI is InChI=1S/C9H7BrN2OS/c10-7-1-3-12(8(7)13)9-6(5-11)2-4-14-9/h2,4,7H,1,3H2/t7-/m0/s1. The molecule has 1 aliphatic heterocycles. The maximum absolute atomic E-state index is 11.6. The van der Waals surface area contributed by atoms with Crippen molar-refractivity contribution in [3.8, 4) is 6.07 Å². The topological polar surface area (TPSA) is 44.1 Å². The van der Waals surface area contributed by atoms with Crippen LogP contribution in [0, 0.1) is 11.3 Å². The molecule has 0 N–H and O–H groups in total. The Morgan fingerprint density at radius 1 is 1.71 bits per heavy atom. The number of rotatable bonds is 1. The van der Waals surface area contributed by atoms with Gasteiger partial charge in [0.2, 0.25) is 5.91 Å². The van der Waals surface area contributed by atoms with E-state index in [1.54, 1.807) is 11.0 Å². The fourth-order valence-electron chi connectivity index (χ4n) is 1.44. The normalized spacial score (nSPS) is 21.3. The highest BCUT2D eigenvalue weighted by Crippen LogP contribution is 2.32. The van der Waals surface area contributed by atoms with E-state index in [2.05, 4.69) is 22.0 Å². The Morgan fingerprint density at radius 3 is 3.07 bits per heavy atom. The molecular formula is C9H7BrN2OS. The summed E-state index contributed by atoms with van der Waals surface area (Å²) in [6.07, 6.45) is 0.807. The average molecular weight is 271 g/mol. The molecule has 0 saturated carbocycles. The van der Waals surface area contributed by atoms with Crippen LogP contribution in [0.5, 0.6) is 0 Å². The molecule has 72 valence electrons. The summed E-state index contributed by atoms with van der Waals surface area (Å²) < 4.78 is 0. The maximum atomic E-state index is 11.6. The number of hydrogen-bond acceptors (Lipinski definition) is 3. The van der Waals surface area contributed by atoms with Crippen LogP contribution < -0.4 is 4.90 Å². The number of amides is 1. The molecule has 1 atom stereocenters. The van der Waals surface area contributed by atoms with Gasteiger partial charge in [-0.1, -0.05) is 15.9 Å². The van der Waals surface area contributed by atoms with Crippen LogP contribution in [0.25, 0.3) is 0 Å². The highest BCUT2D eigenvalue weighted by atomic mass is 79.9. The molecule has 2 heterocycles. The highest BCUT2D eigenvalue weighted by Gasteiger charge is 2.32. The second kappa shape index (κ2) is 3.71. The van der Waals surface area contributed by atoms with Gasteiger partial charge in [0.25, 0.3) is 0 Å². The quantitative estimate of drug-likeness (QED) is 0.734. The van der Waals surface area contributed by atoms with Crippen molar-refractivity contribution in [2.75, 3.05) is 11.4 Å². The van der Waals surface area contributed by atoms with Crippen LogP contribution in [0.2, 0.25) is 0 Å². The number of carbonyl (C=O) groups is 1. The van der Waals surface area contributed by atoms with E-state index in [0.717, 1.165) is 11.4 Å². The molecule has 0 unspecified atom stereocenters. The maximum Gasteiger partial charge on any atom is 0.241 e. The zero-order valence-corrected chi connectivity index (χ0v) is 9.64. The van der Waals surface area contributed by atoms with Crippen LogP contribution in [0.3, 0.4) is 0 Å². The minimum atomic E-state index is -0.0869. The molecule has 0 radical (unpaired) electrons. The summed E-state index contributed by atoms with van der Waals surface area (Å²) >= 11 is 4.75. The van der Waals surface area contributed by atoms with Crippen molar-refractivity contribution < 1.29 is 4.79 Å². The Hall–Kier alpha value is -0.860. The number of anilines is 1. The molecule has 0 bridgehead atoms. The third-order valence-electron chi connectivity index (χ3n) is 2.15. The molecule has 5 heteroatoms. The number of nitriles is 1. The number of thiophene rings is 1. The smallest absolute Gasteiger partial charge is 0.241 e. The first kappa shape index (κ1) is 9.69. The number of carbonyl (C=O) groups excluding carboxylic acids is 1. The van der Waals surface area contributed by atoms with Crippen LogP contribution >= 0.6 is 27.3 Å². The van der Waals surface area contributed by atoms with Gasteiger partial charge in [-0.3, -0.25) is 4.79 Å². The number of alkyl halides is 1. The number of nitrogens with zero attached hydrogens (tertiary/aromatic N) is 2. The van der Waals surface area contributed by atoms with Gasteiger partial charge in [-0.2, -0.15) is 5.26 Å². The van der Waals surface area contributed by atoms with Crippen molar-refractivity contribution in [2.45, 2.75) is 11.2 Å². The summed E-state index contributed by atoms with van der Waals surface area (Å²) in [5, 5.41) is 11.4. The lowest BCUT2D eigenvalue weighted by Gasteiger charge is -2.13. The molecule has 3 nitrogen and oxygen atoms in total. The van der Waals surface area contributed by atoms with E-state index < -0.39 is 0 Å². The van der Waals surface area contributed by atoms with Crippen molar-refractivity contribution in [3.63, 3.8) is 0 Å². The first-order valence-electron chi connectivity index (χ1n) is 4.17. The monoisotopic (exact) mass is 270 g/mol. The van der Waals surface area contributed by atoms with E-state index in [1.165, 1.54) is 11.3 Å². The van der Waals surface area contributed by atoms with E-state index in [0.29, 0.717) is 12.1 Å². The van der Waals surface area contributed by atoms with E-state index in [4.69, 9.17) is 5.26 Å². The van der Waals surface area contributed by atoms with E-state index >= 15 is 0 Å². The van der Waals surface area contributed by atoms with Crippen molar-refractivity contribution >= 4 is 38.2 Å². The fraction of sp³-hybridized carbons (Fsp3) is 0.333. The molecule has 1 aliphatic rings. The zero-order valence-electron chi connectivity index (χ0n) is 7.24. The van der Waals surface area contributed by atoms with Crippen LogP contribution in [-0.4, -0.2) is 17.3 Å². The summed E-state index contributed by atoms with van der Waals surface area (Å²) in [7, 11) is 0. The molecule has 1 aromatic rings. The second-order valence-corrected chi connectivity index (χ2v) is 5.00. The van der Waals surface area contributed by atoms with E-state index in [-0.39, 0.29) is 10.7 Å². The molecular weight excluding hydrogens is 264 g/mol. The predicted octanol–water partition coefficient (Wildman–Crippen LogP) is 2.12. The van der Waals surface area contributed by atoms with Crippen LogP contribution in [0.1, 0.15) is 12.0 Å². The lowest BCUT2D eigenvalue weighted by Crippen LogP contribution is -2.26. The minimum absolute atomic E-state index is 0.0592. The van der Waals surface area contributed by atoms with Crippen molar-refractivity contribution in [1.82, 2.24) is 0 Å². The minimum Gasteiger partial charge on any atom is -0.302 e. The molecule has 0 spiro atoms. The van der Waals surface area contributed by atoms with Gasteiger partial charge in [0.15, 0.2) is 0 Å². The third kappa shape index (κ3) is 1.45. The van der Waals surface area contributed by atoms with Gasteiger partial charge >= 0.3 is 0 Å². The molecule has 0 aromatic carbocycles. The van der Waals surface area contributed by atoms with Crippen molar-refractivity contribution in [1.29, 1.82) is 5.26 Å². The van der Waals surface area contributed by atoms with Crippen LogP contribution in [0.4, 0.5) is 5.00 Å². The first-order chi connectivity index (χ1) is 6.74. The lowest BCUT2D eigenvalue weighted by molar-refractivity contribution is -0.116. The second-order valence-electron chi connectivity index (χ2n) is 3.00. The summed E-state index contributed by atoms with van der Waals surface area (Å²) in [6, 6.07) is 3.83. The van der Waals surface area contributed by atoms with Crippen LogP contribution in [0.15, 0.2) is 11.4 Å². The van der Waals surface area contributed by atoms with Gasteiger partial charge in [0, 0.05) is 6.54 Å². The summed E-state index contributed by atoms with van der Waals surface area (Å²) in [6.45, 7) is 0.698. The SMILES string of the molecule is N#Cc1ccsc1N1CC[C@H](Br)C1=O. The molecule has 1 saturated heterocycles. The van der Waals surface area contributed by atoms with E-state index in [1.807, 2.05) is 5.38 Å². The molecule has 2 rings (SSSR count). The lowest BCUT2D eigenvalue weighted by atomic mass is 10.3. The number of halogens is 1. The molecule has 1 amide bonds. The Labute approximate surface area is 94.1 Å². The fourth-order valence-corrected chi connectivity index (χ4v) is 2.78. The van der Waals surface area contributed by atoms with Gasteiger partial charge in [0.05, 0.1) is 10.4 Å². The summed E-state index contributed by atoms with van der Waals surface area (Å²) in [4.78, 5) is 13.2. The third-order valence-corrected chi connectivity index (χ3v) is 3.94. The van der Waals surface area contributed by atoms with Crippen LogP contribution in [-0.2, 0) is 4.79 Å². The average Bonchev–Trinajstić information content (AvgIpc) is 2.75. The Balaban J connectivity index is 2.33. The molecule has 14 heavy (non-hydrogen) atoms. The van der Waals surface area contributed by atoms with Gasteiger partial charge in [-0.25, -0.2) is 0 Å². The van der Waals surface area contributed by atoms with Gasteiger partial charge in [-0.05, 0) is 17.9 Å². The molecule has 0 aliphatic carbocycles. The summed E-state index contributed by atoms with van der Waals surface area (Å²) in [5.74, 6) is 0.0592. The number of hydrogen-bond donors (Lipinski definition) is 0. The summed E-state index contributed by atoms with van der Waals surface area (Å²) in [5.41, 5.74) is 0.588. The van der Waals surface area contributed by atoms with Crippen molar-refractivity contribution in [3.05, 3.63) is 17.0 Å². The van der Waals surface area contributed by atoms with Gasteiger partial charge in [0.1, 0.15) is 11.1 Å². The van der Waals surface area contributed by atoms with Gasteiger partial charge in [-0.15, -0.1) is 11.3 Å². The van der Waals surface area contributed by atoms with Crippen molar-refractivity contribution in [2.24, 2.45) is 0 Å². The first-order valence-corrected chi connectivity index (χ1v) is 5.96. The Morgan fingerprint density at radius 2 is 2.50 bits per heavy atom. The predicted molar refractivity (Wildman–Crippen MR) is 58.7 cm³/mol. The Bertz CT molecular complexity index is 409. The largest absolute Gasteiger partial charge is 0.302 e. The van der Waals surface area contributed by atoms with E-state index in [9.17, 15) is 4.79 Å². The zero-order chi connectivity index (χ0) is 10.1. The molecule has 1 aromatic heterocycles. The molecule has 1 fully saturated rings. The highest BCUT2D eigenvalue weighted by molar-refractivity contribution is 9.10. The Kier molecular flexibility index (Phi) is 2.57. The van der Waals surface area contributed by atoms with Gasteiger partial charge < -0.3 is 4.90 Å².